The summed E-state index contributed by atoms with van der Waals surface area (Å²) in [6, 6.07) is 16.4. The molecule has 2 aromatic rings. The van der Waals surface area contributed by atoms with E-state index in [4.69, 9.17) is 0 Å². The molecule has 0 fully saturated rings. The molecule has 2 aromatic carbocycles. The maximum absolute atomic E-state index is 3.57. The van der Waals surface area contributed by atoms with Crippen LogP contribution in [0.4, 0.5) is 0 Å². The lowest BCUT2D eigenvalue weighted by Gasteiger charge is -2.24. The van der Waals surface area contributed by atoms with E-state index in [1.807, 2.05) is 0 Å². The Bertz CT molecular complexity index is 609. The number of fused-ring (bicyclic) bond motifs is 1. The van der Waals surface area contributed by atoms with Gasteiger partial charge in [-0.25, -0.2) is 0 Å². The molecule has 0 radical (unpaired) electrons. The molecule has 21 heavy (non-hydrogen) atoms. The summed E-state index contributed by atoms with van der Waals surface area (Å²) in [6.45, 7) is 4.38. The monoisotopic (exact) mass is 279 g/mol. The van der Waals surface area contributed by atoms with Gasteiger partial charge in [0.25, 0.3) is 0 Å². The van der Waals surface area contributed by atoms with Crippen molar-refractivity contribution in [3.05, 3.63) is 70.3 Å². The molecule has 0 saturated carbocycles. The van der Waals surface area contributed by atoms with E-state index in [9.17, 15) is 0 Å². The Morgan fingerprint density at radius 3 is 2.52 bits per heavy atom. The third-order valence-electron chi connectivity index (χ3n) is 4.77. The highest BCUT2D eigenvalue weighted by atomic mass is 14.9. The van der Waals surface area contributed by atoms with Crippen molar-refractivity contribution in [1.29, 1.82) is 0 Å². The first-order valence-electron chi connectivity index (χ1n) is 7.99. The molecule has 0 bridgehead atoms. The summed E-state index contributed by atoms with van der Waals surface area (Å²) in [6.07, 6.45) is 3.61. The number of rotatable bonds is 4. The maximum Gasteiger partial charge on any atom is 0.0173 e. The summed E-state index contributed by atoms with van der Waals surface area (Å²) in [4.78, 5) is 0. The zero-order valence-corrected chi connectivity index (χ0v) is 13.3. The lowest BCUT2D eigenvalue weighted by Crippen LogP contribution is -2.33. The highest BCUT2D eigenvalue weighted by Crippen LogP contribution is 2.36. The van der Waals surface area contributed by atoms with Gasteiger partial charge >= 0.3 is 0 Å². The molecule has 0 amide bonds. The number of hydrogen-bond acceptors (Lipinski definition) is 1. The topological polar surface area (TPSA) is 12.0 Å². The van der Waals surface area contributed by atoms with Crippen molar-refractivity contribution in [2.45, 2.75) is 45.1 Å². The highest BCUT2D eigenvalue weighted by Gasteiger charge is 2.28. The van der Waals surface area contributed by atoms with E-state index in [1.54, 1.807) is 11.1 Å². The van der Waals surface area contributed by atoms with Gasteiger partial charge in [0.2, 0.25) is 0 Å². The average Bonchev–Trinajstić information content (AvgIpc) is 2.87. The van der Waals surface area contributed by atoms with Crippen LogP contribution in [0.15, 0.2) is 42.5 Å². The molecular weight excluding hydrogens is 254 g/mol. The Labute approximate surface area is 128 Å². The molecular formula is C20H25N. The van der Waals surface area contributed by atoms with E-state index in [0.29, 0.717) is 12.0 Å². The third-order valence-corrected chi connectivity index (χ3v) is 4.77. The fourth-order valence-corrected chi connectivity index (χ4v) is 3.89. The number of aryl methyl sites for hydroxylation is 3. The van der Waals surface area contributed by atoms with Crippen LogP contribution in [0.3, 0.4) is 0 Å². The summed E-state index contributed by atoms with van der Waals surface area (Å²) in [5, 5.41) is 3.57. The minimum absolute atomic E-state index is 0.523. The zero-order chi connectivity index (χ0) is 14.8. The van der Waals surface area contributed by atoms with Crippen LogP contribution < -0.4 is 5.32 Å². The summed E-state index contributed by atoms with van der Waals surface area (Å²) >= 11 is 0. The molecule has 3 rings (SSSR count). The largest absolute Gasteiger partial charge is 0.316 e. The fourth-order valence-electron chi connectivity index (χ4n) is 3.89. The summed E-state index contributed by atoms with van der Waals surface area (Å²) < 4.78 is 0. The van der Waals surface area contributed by atoms with Crippen molar-refractivity contribution in [3.63, 3.8) is 0 Å². The molecule has 1 nitrogen and oxygen atoms in total. The maximum atomic E-state index is 3.57. The van der Waals surface area contributed by atoms with Crippen LogP contribution in [-0.4, -0.2) is 13.1 Å². The number of nitrogens with one attached hydrogen (secondary N) is 1. The van der Waals surface area contributed by atoms with Crippen molar-refractivity contribution in [2.24, 2.45) is 0 Å². The molecule has 0 aliphatic heterocycles. The van der Waals surface area contributed by atoms with Crippen LogP contribution in [0.5, 0.6) is 0 Å². The first kappa shape index (κ1) is 14.3. The molecule has 1 heteroatoms. The van der Waals surface area contributed by atoms with Crippen molar-refractivity contribution >= 4 is 0 Å². The number of hydrogen-bond donors (Lipinski definition) is 1. The zero-order valence-electron chi connectivity index (χ0n) is 13.3. The second-order valence-electron chi connectivity index (χ2n) is 6.44. The first-order chi connectivity index (χ1) is 10.2. The van der Waals surface area contributed by atoms with Crippen LogP contribution in [0.1, 0.15) is 40.2 Å². The van der Waals surface area contributed by atoms with Crippen LogP contribution in [0.2, 0.25) is 0 Å². The molecule has 0 saturated heterocycles. The molecule has 0 aromatic heterocycles. The molecule has 1 aliphatic carbocycles. The van der Waals surface area contributed by atoms with Gasteiger partial charge < -0.3 is 5.32 Å². The van der Waals surface area contributed by atoms with Gasteiger partial charge in [0, 0.05) is 12.0 Å². The molecule has 0 spiro atoms. The van der Waals surface area contributed by atoms with Gasteiger partial charge in [0.05, 0.1) is 0 Å². The summed E-state index contributed by atoms with van der Waals surface area (Å²) in [5.41, 5.74) is 7.29. The lowest BCUT2D eigenvalue weighted by atomic mass is 9.88. The van der Waals surface area contributed by atoms with Crippen LogP contribution in [0.25, 0.3) is 0 Å². The molecule has 1 N–H and O–H groups in total. The fraction of sp³-hybridized carbons (Fsp3) is 0.400. The molecule has 2 atom stereocenters. The van der Waals surface area contributed by atoms with E-state index in [2.05, 4.69) is 68.7 Å². The minimum Gasteiger partial charge on any atom is -0.316 e. The Kier molecular flexibility index (Phi) is 4.12. The molecule has 0 heterocycles. The smallest absolute Gasteiger partial charge is 0.0173 e. The Morgan fingerprint density at radius 1 is 1.10 bits per heavy atom. The number of likely N-dealkylation sites (N-methyl/N-ethyl adjacent to an activating group) is 1. The Balaban J connectivity index is 1.83. The molecule has 2 unspecified atom stereocenters. The Morgan fingerprint density at radius 2 is 1.81 bits per heavy atom. The average molecular weight is 279 g/mol. The van der Waals surface area contributed by atoms with Crippen molar-refractivity contribution < 1.29 is 0 Å². The first-order valence-corrected chi connectivity index (χ1v) is 7.99. The SMILES string of the molecule is CNC(Cc1cc(C)cc(C)c1)C1CCc2ccccc21. The van der Waals surface area contributed by atoms with E-state index in [-0.39, 0.29) is 0 Å². The van der Waals surface area contributed by atoms with Gasteiger partial charge in [0.15, 0.2) is 0 Å². The van der Waals surface area contributed by atoms with Gasteiger partial charge in [-0.05, 0) is 56.8 Å². The van der Waals surface area contributed by atoms with E-state index in [0.717, 1.165) is 6.42 Å². The van der Waals surface area contributed by atoms with E-state index < -0.39 is 0 Å². The Hall–Kier alpha value is -1.60. The van der Waals surface area contributed by atoms with Crippen LogP contribution in [0, 0.1) is 13.8 Å². The number of benzene rings is 2. The minimum atomic E-state index is 0.523. The normalized spacial score (nSPS) is 18.5. The van der Waals surface area contributed by atoms with Gasteiger partial charge in [-0.1, -0.05) is 53.6 Å². The molecule has 1 aliphatic rings. The third kappa shape index (κ3) is 3.03. The second kappa shape index (κ2) is 6.03. The van der Waals surface area contributed by atoms with Crippen LogP contribution in [-0.2, 0) is 12.8 Å². The van der Waals surface area contributed by atoms with Crippen molar-refractivity contribution in [1.82, 2.24) is 5.32 Å². The predicted octanol–water partition coefficient (Wildman–Crippen LogP) is 4.16. The lowest BCUT2D eigenvalue weighted by molar-refractivity contribution is 0.456. The molecule has 110 valence electrons. The summed E-state index contributed by atoms with van der Waals surface area (Å²) in [7, 11) is 2.11. The van der Waals surface area contributed by atoms with Crippen molar-refractivity contribution in [3.8, 4) is 0 Å². The van der Waals surface area contributed by atoms with Gasteiger partial charge in [0.1, 0.15) is 0 Å². The summed E-state index contributed by atoms with van der Waals surface area (Å²) in [5.74, 6) is 0.645. The standard InChI is InChI=1S/C20H25N/c1-14-10-15(2)12-16(11-14)13-20(21-3)19-9-8-17-6-4-5-7-18(17)19/h4-7,10-12,19-21H,8-9,13H2,1-3H3. The van der Waals surface area contributed by atoms with E-state index in [1.165, 1.54) is 29.5 Å². The van der Waals surface area contributed by atoms with Gasteiger partial charge in [-0.2, -0.15) is 0 Å². The highest BCUT2D eigenvalue weighted by molar-refractivity contribution is 5.37. The quantitative estimate of drug-likeness (QED) is 0.886. The van der Waals surface area contributed by atoms with Gasteiger partial charge in [-0.15, -0.1) is 0 Å². The predicted molar refractivity (Wildman–Crippen MR) is 90.0 cm³/mol. The second-order valence-corrected chi connectivity index (χ2v) is 6.44. The van der Waals surface area contributed by atoms with Gasteiger partial charge in [-0.3, -0.25) is 0 Å². The van der Waals surface area contributed by atoms with Crippen LogP contribution >= 0.6 is 0 Å². The van der Waals surface area contributed by atoms with E-state index >= 15 is 0 Å². The van der Waals surface area contributed by atoms with Crippen molar-refractivity contribution in [2.75, 3.05) is 7.05 Å².